The number of hydroxylamine groups is 1. The smallest absolute Gasteiger partial charge is 0.265 e. The third kappa shape index (κ3) is 2.68. The molecule has 17 heavy (non-hydrogen) atoms. The van der Waals surface area contributed by atoms with Gasteiger partial charge in [0, 0.05) is 6.54 Å². The quantitative estimate of drug-likeness (QED) is 0.826. The van der Waals surface area contributed by atoms with Crippen LogP contribution in [0.15, 0.2) is 29.2 Å². The van der Waals surface area contributed by atoms with E-state index < -0.39 is 10.0 Å². The number of nitrogens with zero attached hydrogens (tertiary/aromatic N) is 1. The Balaban J connectivity index is 2.21. The topological polar surface area (TPSA) is 46.6 Å². The van der Waals surface area contributed by atoms with Gasteiger partial charge in [0.1, 0.15) is 0 Å². The highest BCUT2D eigenvalue weighted by Crippen LogP contribution is 2.20. The number of aryl methyl sites for hydroxylation is 1. The number of rotatable bonds is 4. The lowest BCUT2D eigenvalue weighted by atomic mass is 10.1. The van der Waals surface area contributed by atoms with Crippen LogP contribution >= 0.6 is 0 Å². The van der Waals surface area contributed by atoms with Gasteiger partial charge >= 0.3 is 0 Å². The lowest BCUT2D eigenvalue weighted by molar-refractivity contribution is -0.0284. The normalized spacial score (nSPS) is 17.5. The van der Waals surface area contributed by atoms with E-state index in [2.05, 4.69) is 6.92 Å². The largest absolute Gasteiger partial charge is 0.284 e. The van der Waals surface area contributed by atoms with Crippen LogP contribution in [-0.2, 0) is 21.3 Å². The molecule has 0 saturated carbocycles. The van der Waals surface area contributed by atoms with Crippen LogP contribution in [0.4, 0.5) is 0 Å². The molecule has 0 atom stereocenters. The second-order valence-electron chi connectivity index (χ2n) is 4.11. The molecule has 0 radical (unpaired) electrons. The summed E-state index contributed by atoms with van der Waals surface area (Å²) < 4.78 is 25.3. The fourth-order valence-electron chi connectivity index (χ4n) is 1.85. The summed E-state index contributed by atoms with van der Waals surface area (Å²) >= 11 is 0. The summed E-state index contributed by atoms with van der Waals surface area (Å²) in [6.07, 6.45) is 2.79. The van der Waals surface area contributed by atoms with E-state index in [4.69, 9.17) is 4.84 Å². The van der Waals surface area contributed by atoms with Crippen molar-refractivity contribution in [3.8, 4) is 0 Å². The van der Waals surface area contributed by atoms with Crippen molar-refractivity contribution in [3.63, 3.8) is 0 Å². The average molecular weight is 255 g/mol. The molecule has 0 N–H and O–H groups in total. The Morgan fingerprint density at radius 1 is 1.29 bits per heavy atom. The molecular weight excluding hydrogens is 238 g/mol. The van der Waals surface area contributed by atoms with Crippen LogP contribution in [0.25, 0.3) is 0 Å². The first-order valence-corrected chi connectivity index (χ1v) is 7.33. The van der Waals surface area contributed by atoms with Gasteiger partial charge in [-0.1, -0.05) is 29.9 Å². The predicted octanol–water partition coefficient (Wildman–Crippen LogP) is 1.97. The number of benzene rings is 1. The van der Waals surface area contributed by atoms with Crippen LogP contribution in [0.5, 0.6) is 0 Å². The summed E-state index contributed by atoms with van der Waals surface area (Å²) in [6.45, 7) is 3.02. The van der Waals surface area contributed by atoms with Gasteiger partial charge in [0.05, 0.1) is 11.5 Å². The maximum atomic E-state index is 12.1. The molecule has 1 aromatic rings. The number of hydrogen-bond acceptors (Lipinski definition) is 3. The summed E-state index contributed by atoms with van der Waals surface area (Å²) in [5.41, 5.74) is 1.16. The summed E-state index contributed by atoms with van der Waals surface area (Å²) in [7, 11) is -3.46. The standard InChI is InChI=1S/C12H17NO3S/c1-2-4-11-5-7-12(8-6-11)17(14,15)13-9-3-10-16-13/h5-8H,2-4,9-10H2,1H3. The molecule has 0 aliphatic carbocycles. The van der Waals surface area contributed by atoms with Crippen LogP contribution in [0.2, 0.25) is 0 Å². The van der Waals surface area contributed by atoms with Gasteiger partial charge in [-0.15, -0.1) is 0 Å². The van der Waals surface area contributed by atoms with E-state index in [1.807, 2.05) is 12.1 Å². The van der Waals surface area contributed by atoms with E-state index in [1.54, 1.807) is 12.1 Å². The molecule has 0 amide bonds. The van der Waals surface area contributed by atoms with Crippen LogP contribution in [0, 0.1) is 0 Å². The first-order chi connectivity index (χ1) is 8.14. The van der Waals surface area contributed by atoms with E-state index in [-0.39, 0.29) is 0 Å². The van der Waals surface area contributed by atoms with Crippen LogP contribution in [-0.4, -0.2) is 26.0 Å². The first kappa shape index (κ1) is 12.5. The van der Waals surface area contributed by atoms with E-state index >= 15 is 0 Å². The van der Waals surface area contributed by atoms with Gasteiger partial charge in [0.25, 0.3) is 10.0 Å². The summed E-state index contributed by atoms with van der Waals surface area (Å²) in [5.74, 6) is 0. The molecule has 0 bridgehead atoms. The Hall–Kier alpha value is -0.910. The fraction of sp³-hybridized carbons (Fsp3) is 0.500. The average Bonchev–Trinajstić information content (AvgIpc) is 2.84. The summed E-state index contributed by atoms with van der Waals surface area (Å²) in [6, 6.07) is 7.04. The summed E-state index contributed by atoms with van der Waals surface area (Å²) in [4.78, 5) is 5.40. The van der Waals surface area contributed by atoms with Gasteiger partial charge in [-0.25, -0.2) is 8.42 Å². The minimum atomic E-state index is -3.46. The van der Waals surface area contributed by atoms with Crippen molar-refractivity contribution in [1.82, 2.24) is 4.47 Å². The highest BCUT2D eigenvalue weighted by atomic mass is 32.2. The molecule has 0 aromatic heterocycles. The van der Waals surface area contributed by atoms with Crippen molar-refractivity contribution < 1.29 is 13.3 Å². The Morgan fingerprint density at radius 3 is 2.53 bits per heavy atom. The van der Waals surface area contributed by atoms with Gasteiger partial charge in [0.2, 0.25) is 0 Å². The molecule has 2 rings (SSSR count). The summed E-state index contributed by atoms with van der Waals surface area (Å²) in [5, 5.41) is 0. The van der Waals surface area contributed by atoms with E-state index in [0.29, 0.717) is 18.0 Å². The van der Waals surface area contributed by atoms with Gasteiger partial charge in [0.15, 0.2) is 0 Å². The van der Waals surface area contributed by atoms with Crippen molar-refractivity contribution in [1.29, 1.82) is 0 Å². The second kappa shape index (κ2) is 5.16. The maximum Gasteiger partial charge on any atom is 0.265 e. The maximum absolute atomic E-state index is 12.1. The molecule has 1 saturated heterocycles. The van der Waals surface area contributed by atoms with Crippen molar-refractivity contribution >= 4 is 10.0 Å². The van der Waals surface area contributed by atoms with E-state index in [9.17, 15) is 8.42 Å². The van der Waals surface area contributed by atoms with Gasteiger partial charge in [-0.3, -0.25) is 4.84 Å². The third-order valence-electron chi connectivity index (χ3n) is 2.75. The molecule has 1 aliphatic heterocycles. The Morgan fingerprint density at radius 2 is 2.00 bits per heavy atom. The minimum Gasteiger partial charge on any atom is -0.284 e. The number of sulfonamides is 1. The van der Waals surface area contributed by atoms with Crippen molar-refractivity contribution in [2.75, 3.05) is 13.2 Å². The zero-order chi connectivity index (χ0) is 12.3. The first-order valence-electron chi connectivity index (χ1n) is 5.89. The molecule has 1 aromatic carbocycles. The monoisotopic (exact) mass is 255 g/mol. The highest BCUT2D eigenvalue weighted by Gasteiger charge is 2.28. The van der Waals surface area contributed by atoms with Crippen LogP contribution < -0.4 is 0 Å². The molecule has 94 valence electrons. The Labute approximate surface area is 102 Å². The van der Waals surface area contributed by atoms with Crippen LogP contribution in [0.3, 0.4) is 0 Å². The molecule has 1 heterocycles. The lowest BCUT2D eigenvalue weighted by Gasteiger charge is -2.14. The van der Waals surface area contributed by atoms with Crippen molar-refractivity contribution in [2.24, 2.45) is 0 Å². The molecule has 0 spiro atoms. The van der Waals surface area contributed by atoms with Gasteiger partial charge < -0.3 is 0 Å². The molecule has 0 unspecified atom stereocenters. The predicted molar refractivity (Wildman–Crippen MR) is 64.9 cm³/mol. The molecule has 4 nitrogen and oxygen atoms in total. The molecule has 1 fully saturated rings. The fourth-order valence-corrected chi connectivity index (χ4v) is 3.15. The van der Waals surface area contributed by atoms with Crippen LogP contribution in [0.1, 0.15) is 25.3 Å². The van der Waals surface area contributed by atoms with Crippen molar-refractivity contribution in [3.05, 3.63) is 29.8 Å². The lowest BCUT2D eigenvalue weighted by Crippen LogP contribution is -2.26. The molecular formula is C12H17NO3S. The number of hydrogen-bond donors (Lipinski definition) is 0. The minimum absolute atomic E-state index is 0.305. The highest BCUT2D eigenvalue weighted by molar-refractivity contribution is 7.89. The zero-order valence-electron chi connectivity index (χ0n) is 9.93. The van der Waals surface area contributed by atoms with Crippen molar-refractivity contribution in [2.45, 2.75) is 31.1 Å². The molecule has 5 heteroatoms. The van der Waals surface area contributed by atoms with E-state index in [1.165, 1.54) is 0 Å². The van der Waals surface area contributed by atoms with Gasteiger partial charge in [-0.05, 0) is 30.5 Å². The molecule has 1 aliphatic rings. The Kier molecular flexibility index (Phi) is 3.81. The SMILES string of the molecule is CCCc1ccc(S(=O)(=O)N2CCCO2)cc1. The Bertz CT molecular complexity index is 461. The van der Waals surface area contributed by atoms with E-state index in [0.717, 1.165) is 29.3 Å². The zero-order valence-corrected chi connectivity index (χ0v) is 10.7. The second-order valence-corrected chi connectivity index (χ2v) is 5.94. The van der Waals surface area contributed by atoms with Gasteiger partial charge in [-0.2, -0.15) is 0 Å². The third-order valence-corrected chi connectivity index (χ3v) is 4.44.